The van der Waals surface area contributed by atoms with Crippen LogP contribution in [0.2, 0.25) is 0 Å². The smallest absolute Gasteiger partial charge is 0.0522 e. The van der Waals surface area contributed by atoms with Crippen LogP contribution in [0.5, 0.6) is 0 Å². The molecule has 1 aromatic heterocycles. The zero-order valence-electron chi connectivity index (χ0n) is 7.95. The molecule has 2 saturated carbocycles. The van der Waals surface area contributed by atoms with Crippen molar-refractivity contribution in [3.8, 4) is 0 Å². The average molecular weight is 176 g/mol. The molecule has 2 aliphatic rings. The molecular formula is C11H16N2. The van der Waals surface area contributed by atoms with Crippen LogP contribution in [-0.2, 0) is 0 Å². The Kier molecular flexibility index (Phi) is 1.67. The van der Waals surface area contributed by atoms with Crippen molar-refractivity contribution in [2.24, 2.45) is 0 Å². The van der Waals surface area contributed by atoms with Crippen LogP contribution < -0.4 is 0 Å². The highest BCUT2D eigenvalue weighted by Crippen LogP contribution is 2.42. The third-order valence-corrected chi connectivity index (χ3v) is 3.37. The van der Waals surface area contributed by atoms with Crippen LogP contribution in [0.1, 0.15) is 56.2 Å². The van der Waals surface area contributed by atoms with Crippen molar-refractivity contribution in [1.82, 2.24) is 9.78 Å². The van der Waals surface area contributed by atoms with Gasteiger partial charge in [-0.1, -0.05) is 12.8 Å². The molecule has 2 fully saturated rings. The van der Waals surface area contributed by atoms with Crippen LogP contribution in [0.3, 0.4) is 0 Å². The van der Waals surface area contributed by atoms with E-state index in [9.17, 15) is 0 Å². The third-order valence-electron chi connectivity index (χ3n) is 3.37. The highest BCUT2D eigenvalue weighted by atomic mass is 15.3. The average Bonchev–Trinajstić information content (AvgIpc) is 2.72. The molecule has 3 rings (SSSR count). The van der Waals surface area contributed by atoms with Gasteiger partial charge in [-0.25, -0.2) is 0 Å². The molecule has 0 unspecified atom stereocenters. The molecule has 1 aromatic rings. The summed E-state index contributed by atoms with van der Waals surface area (Å²) in [5.41, 5.74) is 1.51. The molecular weight excluding hydrogens is 160 g/mol. The molecule has 0 spiro atoms. The van der Waals surface area contributed by atoms with E-state index in [-0.39, 0.29) is 0 Å². The molecule has 2 aliphatic carbocycles. The van der Waals surface area contributed by atoms with E-state index < -0.39 is 0 Å². The van der Waals surface area contributed by atoms with Crippen molar-refractivity contribution < 1.29 is 0 Å². The summed E-state index contributed by atoms with van der Waals surface area (Å²) in [6, 6.07) is 2.95. The normalized spacial score (nSPS) is 24.0. The largest absolute Gasteiger partial charge is 0.266 e. The van der Waals surface area contributed by atoms with Gasteiger partial charge in [0.1, 0.15) is 0 Å². The summed E-state index contributed by atoms with van der Waals surface area (Å²) in [5, 5.41) is 4.48. The summed E-state index contributed by atoms with van der Waals surface area (Å²) in [7, 11) is 0. The highest BCUT2D eigenvalue weighted by molar-refractivity contribution is 5.14. The zero-order chi connectivity index (χ0) is 8.67. The Bertz CT molecular complexity index is 293. The van der Waals surface area contributed by atoms with Crippen molar-refractivity contribution in [3.05, 3.63) is 18.0 Å². The van der Waals surface area contributed by atoms with Crippen molar-refractivity contribution >= 4 is 0 Å². The summed E-state index contributed by atoms with van der Waals surface area (Å²) in [4.78, 5) is 0. The van der Waals surface area contributed by atoms with Crippen LogP contribution >= 0.6 is 0 Å². The minimum atomic E-state index is 0.727. The molecule has 0 bridgehead atoms. The Morgan fingerprint density at radius 3 is 2.62 bits per heavy atom. The summed E-state index contributed by atoms with van der Waals surface area (Å²) >= 11 is 0. The standard InChI is InChI=1S/C11H16N2/c1-2-4-10(3-1)13-11(7-8-12-13)9-5-6-9/h7-10H,1-6H2. The van der Waals surface area contributed by atoms with E-state index in [0.29, 0.717) is 0 Å². The van der Waals surface area contributed by atoms with E-state index in [1.54, 1.807) is 0 Å². The fourth-order valence-corrected chi connectivity index (χ4v) is 2.48. The first-order valence-electron chi connectivity index (χ1n) is 5.48. The van der Waals surface area contributed by atoms with Crippen LogP contribution in [0, 0.1) is 0 Å². The Labute approximate surface area is 78.9 Å². The number of nitrogens with zero attached hydrogens (tertiary/aromatic N) is 2. The molecule has 70 valence electrons. The minimum Gasteiger partial charge on any atom is -0.266 e. The molecule has 13 heavy (non-hydrogen) atoms. The van der Waals surface area contributed by atoms with Crippen molar-refractivity contribution in [3.63, 3.8) is 0 Å². The Morgan fingerprint density at radius 2 is 1.92 bits per heavy atom. The molecule has 0 atom stereocenters. The molecule has 0 aliphatic heterocycles. The van der Waals surface area contributed by atoms with E-state index in [1.165, 1.54) is 44.2 Å². The number of hydrogen-bond donors (Lipinski definition) is 0. The van der Waals surface area contributed by atoms with Gasteiger partial charge in [-0.3, -0.25) is 4.68 Å². The fourth-order valence-electron chi connectivity index (χ4n) is 2.48. The van der Waals surface area contributed by atoms with Gasteiger partial charge in [-0.05, 0) is 31.7 Å². The van der Waals surface area contributed by atoms with E-state index in [0.717, 1.165) is 12.0 Å². The fraction of sp³-hybridized carbons (Fsp3) is 0.727. The van der Waals surface area contributed by atoms with Gasteiger partial charge in [0.2, 0.25) is 0 Å². The molecule has 0 saturated heterocycles. The van der Waals surface area contributed by atoms with Gasteiger partial charge in [-0.2, -0.15) is 5.10 Å². The maximum absolute atomic E-state index is 4.48. The molecule has 0 aromatic carbocycles. The maximum atomic E-state index is 4.48. The van der Waals surface area contributed by atoms with E-state index >= 15 is 0 Å². The summed E-state index contributed by atoms with van der Waals surface area (Å²) in [5.74, 6) is 0.850. The zero-order valence-corrected chi connectivity index (χ0v) is 7.95. The van der Waals surface area contributed by atoms with Crippen LogP contribution in [0.15, 0.2) is 12.3 Å². The van der Waals surface area contributed by atoms with Crippen LogP contribution in [-0.4, -0.2) is 9.78 Å². The predicted octanol–water partition coefficient (Wildman–Crippen LogP) is 2.88. The van der Waals surface area contributed by atoms with Gasteiger partial charge in [0.15, 0.2) is 0 Å². The summed E-state index contributed by atoms with van der Waals surface area (Å²) < 4.78 is 2.31. The van der Waals surface area contributed by atoms with Gasteiger partial charge in [0, 0.05) is 17.8 Å². The van der Waals surface area contributed by atoms with Crippen molar-refractivity contribution in [2.45, 2.75) is 50.5 Å². The Balaban J connectivity index is 1.88. The van der Waals surface area contributed by atoms with Gasteiger partial charge in [0.25, 0.3) is 0 Å². The summed E-state index contributed by atoms with van der Waals surface area (Å²) in [6.45, 7) is 0. The molecule has 1 heterocycles. The first kappa shape index (κ1) is 7.60. The van der Waals surface area contributed by atoms with Gasteiger partial charge in [0.05, 0.1) is 6.04 Å². The second kappa shape index (κ2) is 2.86. The van der Waals surface area contributed by atoms with Crippen LogP contribution in [0.4, 0.5) is 0 Å². The topological polar surface area (TPSA) is 17.8 Å². The first-order chi connectivity index (χ1) is 6.45. The highest BCUT2D eigenvalue weighted by Gasteiger charge is 2.29. The molecule has 0 amide bonds. The molecule has 2 heteroatoms. The minimum absolute atomic E-state index is 0.727. The number of hydrogen-bond acceptors (Lipinski definition) is 1. The van der Waals surface area contributed by atoms with E-state index in [1.807, 2.05) is 6.20 Å². The lowest BCUT2D eigenvalue weighted by Crippen LogP contribution is -2.09. The monoisotopic (exact) mass is 176 g/mol. The summed E-state index contributed by atoms with van der Waals surface area (Å²) in [6.07, 6.45) is 10.2. The van der Waals surface area contributed by atoms with Gasteiger partial charge in [-0.15, -0.1) is 0 Å². The maximum Gasteiger partial charge on any atom is 0.0522 e. The first-order valence-corrected chi connectivity index (χ1v) is 5.48. The number of aromatic nitrogens is 2. The second-order valence-corrected chi connectivity index (χ2v) is 4.41. The van der Waals surface area contributed by atoms with E-state index in [2.05, 4.69) is 15.8 Å². The molecule has 2 nitrogen and oxygen atoms in total. The quantitative estimate of drug-likeness (QED) is 0.677. The lowest BCUT2D eigenvalue weighted by atomic mass is 10.2. The van der Waals surface area contributed by atoms with E-state index in [4.69, 9.17) is 0 Å². The number of rotatable bonds is 2. The van der Waals surface area contributed by atoms with Crippen molar-refractivity contribution in [2.75, 3.05) is 0 Å². The second-order valence-electron chi connectivity index (χ2n) is 4.41. The van der Waals surface area contributed by atoms with Crippen LogP contribution in [0.25, 0.3) is 0 Å². The molecule has 0 radical (unpaired) electrons. The molecule has 0 N–H and O–H groups in total. The third kappa shape index (κ3) is 1.28. The van der Waals surface area contributed by atoms with Crippen molar-refractivity contribution in [1.29, 1.82) is 0 Å². The predicted molar refractivity (Wildman–Crippen MR) is 51.7 cm³/mol. The SMILES string of the molecule is c1cc(C2CC2)n(C2CCCC2)n1. The van der Waals surface area contributed by atoms with Gasteiger partial charge >= 0.3 is 0 Å². The van der Waals surface area contributed by atoms with Gasteiger partial charge < -0.3 is 0 Å². The Hall–Kier alpha value is -0.790. The lowest BCUT2D eigenvalue weighted by molar-refractivity contribution is 0.450. The lowest BCUT2D eigenvalue weighted by Gasteiger charge is -2.13. The Morgan fingerprint density at radius 1 is 1.15 bits per heavy atom.